The normalized spacial score (nSPS) is 11.3. The third kappa shape index (κ3) is 5.76. The molecule has 2 aromatic carbocycles. The van der Waals surface area contributed by atoms with E-state index in [2.05, 4.69) is 5.32 Å². The number of benzene rings is 2. The maximum atomic E-state index is 12.7. The Bertz CT molecular complexity index is 692. The Morgan fingerprint density at radius 3 is 2.50 bits per heavy atom. The molecule has 0 aliphatic rings. The minimum absolute atomic E-state index is 0.0236. The first kappa shape index (κ1) is 18.7. The molecule has 0 saturated carbocycles. The molecule has 0 radical (unpaired) electrons. The van der Waals surface area contributed by atoms with Crippen molar-refractivity contribution in [2.45, 2.75) is 18.3 Å². The van der Waals surface area contributed by atoms with Gasteiger partial charge in [-0.05, 0) is 23.8 Å². The zero-order chi connectivity index (χ0) is 17.6. The Morgan fingerprint density at radius 1 is 1.12 bits per heavy atom. The van der Waals surface area contributed by atoms with E-state index in [4.69, 9.17) is 11.6 Å². The number of anilines is 1. The lowest BCUT2D eigenvalue weighted by Gasteiger charge is -2.11. The van der Waals surface area contributed by atoms with E-state index < -0.39 is 11.7 Å². The van der Waals surface area contributed by atoms with Crippen molar-refractivity contribution in [3.05, 3.63) is 64.7 Å². The first-order valence-corrected chi connectivity index (χ1v) is 8.68. The van der Waals surface area contributed by atoms with Gasteiger partial charge in [-0.2, -0.15) is 24.9 Å². The van der Waals surface area contributed by atoms with Crippen LogP contribution < -0.4 is 5.32 Å². The largest absolute Gasteiger partial charge is 0.416 e. The summed E-state index contributed by atoms with van der Waals surface area (Å²) in [6, 6.07) is 12.7. The van der Waals surface area contributed by atoms with E-state index in [1.807, 2.05) is 30.3 Å². The second-order valence-corrected chi connectivity index (χ2v) is 6.54. The van der Waals surface area contributed by atoms with Crippen molar-refractivity contribution < 1.29 is 18.0 Å². The van der Waals surface area contributed by atoms with Gasteiger partial charge in [-0.25, -0.2) is 0 Å². The molecule has 0 atom stereocenters. The van der Waals surface area contributed by atoms with E-state index in [0.29, 0.717) is 5.75 Å². The predicted molar refractivity (Wildman–Crippen MR) is 92.3 cm³/mol. The molecular formula is C17H15ClF3NOS. The van der Waals surface area contributed by atoms with E-state index in [-0.39, 0.29) is 23.0 Å². The molecule has 2 aromatic rings. The number of halogens is 4. The Balaban J connectivity index is 1.84. The fourth-order valence-electron chi connectivity index (χ4n) is 1.94. The van der Waals surface area contributed by atoms with Gasteiger partial charge < -0.3 is 5.32 Å². The van der Waals surface area contributed by atoms with Crippen LogP contribution in [0, 0.1) is 0 Å². The van der Waals surface area contributed by atoms with Crippen LogP contribution in [0.15, 0.2) is 48.5 Å². The molecule has 7 heteroatoms. The summed E-state index contributed by atoms with van der Waals surface area (Å²) in [6.45, 7) is 0. The summed E-state index contributed by atoms with van der Waals surface area (Å²) in [6.07, 6.45) is -4.28. The average molecular weight is 374 g/mol. The summed E-state index contributed by atoms with van der Waals surface area (Å²) in [4.78, 5) is 11.9. The van der Waals surface area contributed by atoms with E-state index in [1.165, 1.54) is 0 Å². The number of nitrogens with one attached hydrogen (secondary N) is 1. The number of alkyl halides is 3. The summed E-state index contributed by atoms with van der Waals surface area (Å²) in [5.41, 5.74) is 0.286. The smallest absolute Gasteiger partial charge is 0.325 e. The fourth-order valence-corrected chi connectivity index (χ4v) is 3.01. The molecule has 0 heterocycles. The van der Waals surface area contributed by atoms with Gasteiger partial charge in [-0.3, -0.25) is 4.79 Å². The number of rotatable bonds is 6. The molecule has 0 fully saturated rings. The number of amides is 1. The van der Waals surface area contributed by atoms with E-state index >= 15 is 0 Å². The zero-order valence-electron chi connectivity index (χ0n) is 12.6. The third-order valence-corrected chi connectivity index (χ3v) is 4.51. The molecule has 0 bridgehead atoms. The molecule has 2 rings (SSSR count). The average Bonchev–Trinajstić information content (AvgIpc) is 2.53. The molecule has 1 N–H and O–H groups in total. The predicted octanol–water partition coefficient (Wildman–Crippen LogP) is 5.62. The molecule has 0 unspecified atom stereocenters. The lowest BCUT2D eigenvalue weighted by Crippen LogP contribution is -2.14. The maximum absolute atomic E-state index is 12.7. The quantitative estimate of drug-likeness (QED) is 0.666. The fraction of sp³-hybridized carbons (Fsp3) is 0.235. The Morgan fingerprint density at radius 2 is 1.83 bits per heavy atom. The van der Waals surface area contributed by atoms with E-state index in [9.17, 15) is 18.0 Å². The Labute approximate surface area is 147 Å². The van der Waals surface area contributed by atoms with Crippen LogP contribution in [0.3, 0.4) is 0 Å². The van der Waals surface area contributed by atoms with Crippen LogP contribution >= 0.6 is 23.4 Å². The number of carbonyl (C=O) groups excluding carboxylic acids is 1. The van der Waals surface area contributed by atoms with Crippen LogP contribution in [0.25, 0.3) is 0 Å². The van der Waals surface area contributed by atoms with E-state index in [1.54, 1.807) is 11.8 Å². The van der Waals surface area contributed by atoms with Crippen LogP contribution in [-0.2, 0) is 16.7 Å². The highest BCUT2D eigenvalue weighted by atomic mass is 35.5. The number of hydrogen-bond donors (Lipinski definition) is 1. The van der Waals surface area contributed by atoms with Crippen LogP contribution in [0.4, 0.5) is 18.9 Å². The first-order valence-electron chi connectivity index (χ1n) is 7.14. The number of hydrogen-bond acceptors (Lipinski definition) is 2. The molecule has 0 aliphatic heterocycles. The van der Waals surface area contributed by atoms with Gasteiger partial charge in [0.05, 0.1) is 16.3 Å². The van der Waals surface area contributed by atoms with Gasteiger partial charge in [0.2, 0.25) is 5.91 Å². The van der Waals surface area contributed by atoms with Gasteiger partial charge in [-0.15, -0.1) is 0 Å². The highest BCUT2D eigenvalue weighted by Crippen LogP contribution is 2.33. The topological polar surface area (TPSA) is 29.1 Å². The monoisotopic (exact) mass is 373 g/mol. The zero-order valence-corrected chi connectivity index (χ0v) is 14.1. The van der Waals surface area contributed by atoms with Crippen LogP contribution in [0.2, 0.25) is 5.02 Å². The van der Waals surface area contributed by atoms with Gasteiger partial charge in [0, 0.05) is 17.9 Å². The summed E-state index contributed by atoms with van der Waals surface area (Å²) in [7, 11) is 0. The van der Waals surface area contributed by atoms with Crippen molar-refractivity contribution >= 4 is 35.0 Å². The minimum atomic E-state index is -4.48. The molecule has 0 aromatic heterocycles. The Hall–Kier alpha value is -1.66. The van der Waals surface area contributed by atoms with Crippen molar-refractivity contribution in [2.75, 3.05) is 11.1 Å². The number of thioether (sulfide) groups is 1. The van der Waals surface area contributed by atoms with Gasteiger partial charge in [0.25, 0.3) is 0 Å². The Kier molecular flexibility index (Phi) is 6.57. The number of carbonyl (C=O) groups is 1. The summed E-state index contributed by atoms with van der Waals surface area (Å²) in [5.74, 6) is 0.979. The molecule has 128 valence electrons. The second kappa shape index (κ2) is 8.44. The molecular weight excluding hydrogens is 359 g/mol. The van der Waals surface area contributed by atoms with Crippen LogP contribution in [0.1, 0.15) is 17.5 Å². The molecule has 24 heavy (non-hydrogen) atoms. The van der Waals surface area contributed by atoms with Crippen LogP contribution in [0.5, 0.6) is 0 Å². The summed E-state index contributed by atoms with van der Waals surface area (Å²) in [5, 5.41) is 2.51. The van der Waals surface area contributed by atoms with Gasteiger partial charge in [-0.1, -0.05) is 41.9 Å². The molecule has 2 nitrogen and oxygen atoms in total. The van der Waals surface area contributed by atoms with Crippen molar-refractivity contribution in [3.63, 3.8) is 0 Å². The maximum Gasteiger partial charge on any atom is 0.416 e. The molecule has 0 aliphatic carbocycles. The third-order valence-electron chi connectivity index (χ3n) is 3.15. The lowest BCUT2D eigenvalue weighted by molar-refractivity contribution is -0.137. The molecule has 0 saturated heterocycles. The standard InChI is InChI=1S/C17H15ClF3NOS/c18-14-7-6-13(17(19,20)21)10-15(14)22-16(23)8-9-24-11-12-4-2-1-3-5-12/h1-7,10H,8-9,11H2,(H,22,23). The van der Waals surface area contributed by atoms with Crippen molar-refractivity contribution in [3.8, 4) is 0 Å². The van der Waals surface area contributed by atoms with Crippen molar-refractivity contribution in [2.24, 2.45) is 0 Å². The van der Waals surface area contributed by atoms with E-state index in [0.717, 1.165) is 29.5 Å². The van der Waals surface area contributed by atoms with Gasteiger partial charge in [0.1, 0.15) is 0 Å². The summed E-state index contributed by atoms with van der Waals surface area (Å²) < 4.78 is 38.1. The molecule has 0 spiro atoms. The lowest BCUT2D eigenvalue weighted by atomic mass is 10.2. The minimum Gasteiger partial charge on any atom is -0.325 e. The molecule has 1 amide bonds. The SMILES string of the molecule is O=C(CCSCc1ccccc1)Nc1cc(C(F)(F)F)ccc1Cl. The van der Waals surface area contributed by atoms with Crippen LogP contribution in [-0.4, -0.2) is 11.7 Å². The first-order chi connectivity index (χ1) is 11.4. The van der Waals surface area contributed by atoms with Crippen molar-refractivity contribution in [1.82, 2.24) is 0 Å². The van der Waals surface area contributed by atoms with Gasteiger partial charge >= 0.3 is 6.18 Å². The highest BCUT2D eigenvalue weighted by molar-refractivity contribution is 7.98. The highest BCUT2D eigenvalue weighted by Gasteiger charge is 2.31. The van der Waals surface area contributed by atoms with Gasteiger partial charge in [0.15, 0.2) is 0 Å². The van der Waals surface area contributed by atoms with Crippen molar-refractivity contribution in [1.29, 1.82) is 0 Å². The summed E-state index contributed by atoms with van der Waals surface area (Å²) >= 11 is 7.43. The second-order valence-electron chi connectivity index (χ2n) is 5.03.